The molecule has 0 radical (unpaired) electrons. The third-order valence-corrected chi connectivity index (χ3v) is 1.26. The first-order chi connectivity index (χ1) is 6.16. The molecule has 0 bridgehead atoms. The number of allylic oxidation sites excluding steroid dienone is 4. The van der Waals surface area contributed by atoms with Crippen LogP contribution < -0.4 is 0 Å². The van der Waals surface area contributed by atoms with Gasteiger partial charge in [-0.1, -0.05) is 57.9 Å². The molecule has 0 saturated carbocycles. The molecule has 0 aromatic heterocycles. The van der Waals surface area contributed by atoms with E-state index in [4.69, 9.17) is 0 Å². The van der Waals surface area contributed by atoms with Gasteiger partial charge in [-0.3, -0.25) is 0 Å². The van der Waals surface area contributed by atoms with E-state index in [0.29, 0.717) is 0 Å². The molecule has 0 saturated heterocycles. The lowest BCUT2D eigenvalue weighted by molar-refractivity contribution is 1.10. The Morgan fingerprint density at radius 3 is 1.46 bits per heavy atom. The van der Waals surface area contributed by atoms with Crippen molar-refractivity contribution in [3.63, 3.8) is 0 Å². The second kappa shape index (κ2) is 17.5. The smallest absolute Gasteiger partial charge is 0.0349 e. The van der Waals surface area contributed by atoms with E-state index in [1.54, 1.807) is 0 Å². The lowest BCUT2D eigenvalue weighted by atomic mass is 10.2. The maximum atomic E-state index is 2.18. The number of hydrogen-bond acceptors (Lipinski definition) is 0. The standard InChI is InChI=1S/C9H16.2C2H6/c1-5-9(4)7-6-8(2)3;2*1-2/h6-7H,5H2,1-4H3;2*1-2H3/b9-7-;;. The van der Waals surface area contributed by atoms with Gasteiger partial charge in [0.05, 0.1) is 0 Å². The van der Waals surface area contributed by atoms with Crippen LogP contribution in [0.5, 0.6) is 0 Å². The Labute approximate surface area is 85.8 Å². The first-order valence-electron chi connectivity index (χ1n) is 5.47. The first-order valence-corrected chi connectivity index (χ1v) is 5.47. The highest BCUT2D eigenvalue weighted by Crippen LogP contribution is 1.99. The average molecular weight is 184 g/mol. The van der Waals surface area contributed by atoms with Gasteiger partial charge in [0.1, 0.15) is 0 Å². The summed E-state index contributed by atoms with van der Waals surface area (Å²) in [6, 6.07) is 0. The number of hydrogen-bond donors (Lipinski definition) is 0. The molecule has 0 aromatic rings. The summed E-state index contributed by atoms with van der Waals surface area (Å²) in [5, 5.41) is 0. The Balaban J connectivity index is -0.000000218. The molecule has 0 atom stereocenters. The minimum Gasteiger partial charge on any atom is -0.0764 e. The predicted octanol–water partition coefficient (Wildman–Crippen LogP) is 5.36. The summed E-state index contributed by atoms with van der Waals surface area (Å²) in [7, 11) is 0. The van der Waals surface area contributed by atoms with E-state index in [1.165, 1.54) is 11.1 Å². The van der Waals surface area contributed by atoms with E-state index in [2.05, 4.69) is 39.8 Å². The van der Waals surface area contributed by atoms with Crippen LogP contribution in [0.1, 0.15) is 61.8 Å². The molecule has 0 fully saturated rings. The fraction of sp³-hybridized carbons (Fsp3) is 0.692. The van der Waals surface area contributed by atoms with Crippen molar-refractivity contribution in [1.29, 1.82) is 0 Å². The SMILES string of the molecule is CC.CC.CC/C(C)=C\C=C(C)C. The molecule has 0 aliphatic rings. The van der Waals surface area contributed by atoms with Crippen molar-refractivity contribution in [3.8, 4) is 0 Å². The highest BCUT2D eigenvalue weighted by molar-refractivity contribution is 5.13. The topological polar surface area (TPSA) is 0 Å². The zero-order chi connectivity index (χ0) is 11.3. The highest BCUT2D eigenvalue weighted by atomic mass is 13.9. The van der Waals surface area contributed by atoms with Crippen molar-refractivity contribution >= 4 is 0 Å². The summed E-state index contributed by atoms with van der Waals surface area (Å²) in [4.78, 5) is 0. The van der Waals surface area contributed by atoms with Gasteiger partial charge in [-0.2, -0.15) is 0 Å². The molecule has 0 rings (SSSR count). The van der Waals surface area contributed by atoms with E-state index in [1.807, 2.05) is 27.7 Å². The lowest BCUT2D eigenvalue weighted by Crippen LogP contribution is -1.68. The van der Waals surface area contributed by atoms with Gasteiger partial charge >= 0.3 is 0 Å². The second-order valence-electron chi connectivity index (χ2n) is 2.61. The van der Waals surface area contributed by atoms with Crippen LogP contribution in [0.2, 0.25) is 0 Å². The van der Waals surface area contributed by atoms with Gasteiger partial charge < -0.3 is 0 Å². The molecule has 0 heterocycles. The molecule has 0 nitrogen and oxygen atoms in total. The molecule has 0 unspecified atom stereocenters. The molecule has 0 aliphatic carbocycles. The van der Waals surface area contributed by atoms with Crippen molar-refractivity contribution < 1.29 is 0 Å². The maximum Gasteiger partial charge on any atom is -0.0349 e. The molecule has 13 heavy (non-hydrogen) atoms. The van der Waals surface area contributed by atoms with Gasteiger partial charge in [0.2, 0.25) is 0 Å². The van der Waals surface area contributed by atoms with Crippen LogP contribution in [-0.4, -0.2) is 0 Å². The molecule has 0 aromatic carbocycles. The van der Waals surface area contributed by atoms with Crippen molar-refractivity contribution in [1.82, 2.24) is 0 Å². The molecular formula is C13H28. The lowest BCUT2D eigenvalue weighted by Gasteiger charge is -1.89. The summed E-state index contributed by atoms with van der Waals surface area (Å²) < 4.78 is 0. The molecule has 80 valence electrons. The van der Waals surface area contributed by atoms with Gasteiger partial charge in [-0.25, -0.2) is 0 Å². The van der Waals surface area contributed by atoms with Crippen LogP contribution in [-0.2, 0) is 0 Å². The summed E-state index contributed by atoms with van der Waals surface area (Å²) in [5.74, 6) is 0. The normalized spacial score (nSPS) is 8.77. The largest absolute Gasteiger partial charge is 0.0764 e. The molecular weight excluding hydrogens is 156 g/mol. The van der Waals surface area contributed by atoms with E-state index >= 15 is 0 Å². The van der Waals surface area contributed by atoms with Crippen molar-refractivity contribution in [3.05, 3.63) is 23.3 Å². The van der Waals surface area contributed by atoms with Gasteiger partial charge in [-0.05, 0) is 27.2 Å². The Morgan fingerprint density at radius 2 is 1.23 bits per heavy atom. The fourth-order valence-corrected chi connectivity index (χ4v) is 0.427. The minimum absolute atomic E-state index is 1.16. The van der Waals surface area contributed by atoms with E-state index in [9.17, 15) is 0 Å². The van der Waals surface area contributed by atoms with E-state index in [0.717, 1.165) is 6.42 Å². The van der Waals surface area contributed by atoms with Crippen molar-refractivity contribution in [2.45, 2.75) is 61.8 Å². The Kier molecular flexibility index (Phi) is 24.7. The van der Waals surface area contributed by atoms with Crippen LogP contribution in [0.3, 0.4) is 0 Å². The Bertz CT molecular complexity index is 123. The zero-order valence-electron chi connectivity index (χ0n) is 10.9. The Morgan fingerprint density at radius 1 is 0.846 bits per heavy atom. The molecule has 0 spiro atoms. The summed E-state index contributed by atoms with van der Waals surface area (Å²) >= 11 is 0. The Hall–Kier alpha value is -0.520. The summed E-state index contributed by atoms with van der Waals surface area (Å²) in [6.45, 7) is 16.5. The van der Waals surface area contributed by atoms with Crippen LogP contribution in [0, 0.1) is 0 Å². The monoisotopic (exact) mass is 184 g/mol. The van der Waals surface area contributed by atoms with Gasteiger partial charge in [0.25, 0.3) is 0 Å². The highest BCUT2D eigenvalue weighted by Gasteiger charge is 1.78. The quantitative estimate of drug-likeness (QED) is 0.507. The molecule has 0 aliphatic heterocycles. The molecule has 0 amide bonds. The van der Waals surface area contributed by atoms with E-state index in [-0.39, 0.29) is 0 Å². The fourth-order valence-electron chi connectivity index (χ4n) is 0.427. The van der Waals surface area contributed by atoms with E-state index < -0.39 is 0 Å². The average Bonchev–Trinajstić information content (AvgIpc) is 2.20. The summed E-state index contributed by atoms with van der Waals surface area (Å²) in [5.41, 5.74) is 2.80. The van der Waals surface area contributed by atoms with Gasteiger partial charge in [0, 0.05) is 0 Å². The maximum absolute atomic E-state index is 2.18. The van der Waals surface area contributed by atoms with Crippen LogP contribution in [0.25, 0.3) is 0 Å². The minimum atomic E-state index is 1.16. The van der Waals surface area contributed by atoms with Gasteiger partial charge in [0.15, 0.2) is 0 Å². The molecule has 0 N–H and O–H groups in total. The van der Waals surface area contributed by atoms with Crippen LogP contribution in [0.15, 0.2) is 23.3 Å². The third-order valence-electron chi connectivity index (χ3n) is 1.26. The molecule has 0 heteroatoms. The second-order valence-corrected chi connectivity index (χ2v) is 2.61. The zero-order valence-corrected chi connectivity index (χ0v) is 10.9. The summed E-state index contributed by atoms with van der Waals surface area (Å²) in [6.07, 6.45) is 5.48. The number of rotatable bonds is 2. The first kappa shape index (κ1) is 18.3. The van der Waals surface area contributed by atoms with Crippen molar-refractivity contribution in [2.75, 3.05) is 0 Å². The van der Waals surface area contributed by atoms with Crippen LogP contribution >= 0.6 is 0 Å². The van der Waals surface area contributed by atoms with Crippen LogP contribution in [0.4, 0.5) is 0 Å². The predicted molar refractivity (Wildman–Crippen MR) is 66.2 cm³/mol. The van der Waals surface area contributed by atoms with Gasteiger partial charge in [-0.15, -0.1) is 0 Å². The third kappa shape index (κ3) is 24.6. The van der Waals surface area contributed by atoms with Crippen molar-refractivity contribution in [2.24, 2.45) is 0 Å².